The Morgan fingerprint density at radius 1 is 1.15 bits per heavy atom. The molecule has 8 nitrogen and oxygen atoms in total. The molecule has 0 bridgehead atoms. The fourth-order valence-electron chi connectivity index (χ4n) is 5.57. The van der Waals surface area contributed by atoms with Crippen LogP contribution in [0.2, 0.25) is 0 Å². The number of benzene rings is 1. The molecule has 226 valence electrons. The number of aromatic nitrogens is 2. The highest BCUT2D eigenvalue weighted by Gasteiger charge is 2.66. The van der Waals surface area contributed by atoms with Crippen LogP contribution in [0.25, 0.3) is 0 Å². The molecule has 3 heterocycles. The van der Waals surface area contributed by atoms with Crippen LogP contribution < -0.4 is 11.1 Å². The van der Waals surface area contributed by atoms with Crippen LogP contribution in [0.3, 0.4) is 0 Å². The number of imidazole rings is 1. The number of nitrogens with zero attached hydrogens (tertiary/aromatic N) is 3. The number of carbonyl (C=O) groups is 3. The maximum atomic E-state index is 14.2. The summed E-state index contributed by atoms with van der Waals surface area (Å²) in [5.74, 6) is -1.54. The van der Waals surface area contributed by atoms with Crippen LogP contribution in [0.1, 0.15) is 67.9 Å². The van der Waals surface area contributed by atoms with Gasteiger partial charge in [-0.25, -0.2) is 13.8 Å². The Hall–Kier alpha value is -3.35. The summed E-state index contributed by atoms with van der Waals surface area (Å²) in [5, 5.41) is 2.12. The number of carbonyl (C=O) groups excluding carboxylic acids is 3. The molecule has 13 heteroatoms. The summed E-state index contributed by atoms with van der Waals surface area (Å²) in [5.41, 5.74) is 3.07. The number of halogens is 5. The second kappa shape index (κ2) is 14.0. The summed E-state index contributed by atoms with van der Waals surface area (Å²) in [6.07, 6.45) is 2.21. The molecule has 3 aliphatic rings. The highest BCUT2D eigenvalue weighted by molar-refractivity contribution is 5.85. The number of rotatable bonds is 6. The Kier molecular flexibility index (Phi) is 11.0. The van der Waals surface area contributed by atoms with Gasteiger partial charge in [0.1, 0.15) is 11.2 Å². The van der Waals surface area contributed by atoms with E-state index in [-0.39, 0.29) is 42.5 Å². The van der Waals surface area contributed by atoms with Gasteiger partial charge in [0.15, 0.2) is 11.6 Å². The molecule has 0 spiro atoms. The smallest absolute Gasteiger partial charge is 0.345 e. The largest absolute Gasteiger partial charge is 0.399 e. The van der Waals surface area contributed by atoms with Gasteiger partial charge in [0, 0.05) is 44.6 Å². The molecule has 2 aliphatic heterocycles. The summed E-state index contributed by atoms with van der Waals surface area (Å²) in [6, 6.07) is 4.00. The van der Waals surface area contributed by atoms with Gasteiger partial charge in [0.25, 0.3) is 0 Å². The zero-order valence-electron chi connectivity index (χ0n) is 22.9. The average molecular weight is 586 g/mol. The second-order valence-electron chi connectivity index (χ2n) is 10.5. The standard InChI is InChI=1S/C18H17F5N2.C9H14N2O3.CH5N/c19-13-5-2-4-12(16(13)20)11-3-1-6-15-24-9-14(25(15)10-11)17(7-8-17)18(21,22)23;12-6-10-9(14)5-8-1-3-11(7-13)4-2-8;1-2/h2,4-5,9,11H,1,3,6-8,10H2;6-8H,1-5H2,(H,10,12,14);2H2,1H3. The molecule has 1 atom stereocenters. The van der Waals surface area contributed by atoms with Crippen molar-refractivity contribution in [2.45, 2.75) is 75.4 Å². The lowest BCUT2D eigenvalue weighted by atomic mass is 9.93. The van der Waals surface area contributed by atoms with Crippen LogP contribution >= 0.6 is 0 Å². The highest BCUT2D eigenvalue weighted by Crippen LogP contribution is 2.59. The van der Waals surface area contributed by atoms with Crippen LogP contribution in [0.15, 0.2) is 24.4 Å². The molecule has 1 saturated carbocycles. The maximum Gasteiger partial charge on any atom is 0.399 e. The minimum absolute atomic E-state index is 0.0562. The van der Waals surface area contributed by atoms with Crippen molar-refractivity contribution in [2.75, 3.05) is 20.1 Å². The number of piperidine rings is 1. The van der Waals surface area contributed by atoms with Crippen molar-refractivity contribution < 1.29 is 36.3 Å². The molecule has 1 saturated heterocycles. The van der Waals surface area contributed by atoms with E-state index in [1.165, 1.54) is 25.4 Å². The van der Waals surface area contributed by atoms with Crippen LogP contribution in [0.5, 0.6) is 0 Å². The minimum Gasteiger partial charge on any atom is -0.345 e. The van der Waals surface area contributed by atoms with E-state index in [2.05, 4.69) is 16.0 Å². The quantitative estimate of drug-likeness (QED) is 0.394. The molecule has 1 unspecified atom stereocenters. The summed E-state index contributed by atoms with van der Waals surface area (Å²) >= 11 is 0. The predicted octanol–water partition coefficient (Wildman–Crippen LogP) is 3.97. The first-order valence-corrected chi connectivity index (χ1v) is 13.6. The van der Waals surface area contributed by atoms with E-state index >= 15 is 0 Å². The highest BCUT2D eigenvalue weighted by atomic mass is 19.4. The Morgan fingerprint density at radius 2 is 1.83 bits per heavy atom. The summed E-state index contributed by atoms with van der Waals surface area (Å²) in [4.78, 5) is 37.3. The van der Waals surface area contributed by atoms with Crippen LogP contribution in [0.4, 0.5) is 22.0 Å². The Labute approximate surface area is 235 Å². The number of imide groups is 1. The molecule has 1 aliphatic carbocycles. The average Bonchev–Trinajstić information content (AvgIpc) is 3.72. The molecule has 3 N–H and O–H groups in total. The van der Waals surface area contributed by atoms with Gasteiger partial charge in [-0.1, -0.05) is 12.1 Å². The topological polar surface area (TPSA) is 110 Å². The zero-order chi connectivity index (χ0) is 30.2. The van der Waals surface area contributed by atoms with E-state index in [1.54, 1.807) is 9.47 Å². The van der Waals surface area contributed by atoms with Gasteiger partial charge in [-0.05, 0) is 63.1 Å². The Bertz CT molecular complexity index is 1190. The molecule has 5 rings (SSSR count). The number of likely N-dealkylation sites (tertiary alicyclic amines) is 1. The predicted molar refractivity (Wildman–Crippen MR) is 141 cm³/mol. The number of hydrogen-bond acceptors (Lipinski definition) is 5. The number of nitrogens with one attached hydrogen (secondary N) is 1. The SMILES string of the molecule is CN.Fc1cccc(C2CCCc3ncc(C4(C(F)(F)F)CC4)n3C2)c1F.O=CNC(=O)CC1CCN(C=O)CC1. The van der Waals surface area contributed by atoms with Gasteiger partial charge in [0.05, 0.1) is 5.69 Å². The first-order valence-electron chi connectivity index (χ1n) is 13.6. The first-order chi connectivity index (χ1) is 19.6. The van der Waals surface area contributed by atoms with Crippen LogP contribution in [-0.4, -0.2) is 59.5 Å². The maximum absolute atomic E-state index is 14.2. The number of hydrogen-bond donors (Lipinski definition) is 2. The third-order valence-corrected chi connectivity index (χ3v) is 7.99. The minimum atomic E-state index is -4.32. The molecule has 1 aromatic heterocycles. The van der Waals surface area contributed by atoms with Crippen molar-refractivity contribution in [1.29, 1.82) is 0 Å². The third-order valence-electron chi connectivity index (χ3n) is 7.99. The van der Waals surface area contributed by atoms with Gasteiger partial charge in [-0.2, -0.15) is 13.2 Å². The van der Waals surface area contributed by atoms with E-state index in [4.69, 9.17) is 0 Å². The van der Waals surface area contributed by atoms with E-state index in [0.717, 1.165) is 25.3 Å². The number of alkyl halides is 3. The van der Waals surface area contributed by atoms with Crippen molar-refractivity contribution in [3.8, 4) is 0 Å². The zero-order valence-corrected chi connectivity index (χ0v) is 22.9. The van der Waals surface area contributed by atoms with Gasteiger partial charge >= 0.3 is 6.18 Å². The van der Waals surface area contributed by atoms with Gasteiger partial charge in [-0.15, -0.1) is 0 Å². The number of amides is 3. The number of aryl methyl sites for hydroxylation is 1. The van der Waals surface area contributed by atoms with Gasteiger partial charge in [-0.3, -0.25) is 19.7 Å². The van der Waals surface area contributed by atoms with Crippen molar-refractivity contribution in [3.05, 3.63) is 53.1 Å². The Balaban J connectivity index is 0.000000247. The summed E-state index contributed by atoms with van der Waals surface area (Å²) in [7, 11) is 1.50. The molecule has 2 aromatic rings. The molecule has 2 fully saturated rings. The molecule has 41 heavy (non-hydrogen) atoms. The molecule has 3 amide bonds. The molecular formula is C28H36F5N5O3. The normalized spacial score (nSPS) is 19.8. The lowest BCUT2D eigenvalue weighted by Gasteiger charge is -2.28. The van der Waals surface area contributed by atoms with Crippen LogP contribution in [-0.2, 0) is 32.8 Å². The van der Waals surface area contributed by atoms with Crippen molar-refractivity contribution >= 4 is 18.7 Å². The van der Waals surface area contributed by atoms with Gasteiger partial charge in [0.2, 0.25) is 18.7 Å². The van der Waals surface area contributed by atoms with E-state index in [1.807, 2.05) is 0 Å². The molecule has 1 aromatic carbocycles. The van der Waals surface area contributed by atoms with Crippen molar-refractivity contribution in [1.82, 2.24) is 19.8 Å². The lowest BCUT2D eigenvalue weighted by Crippen LogP contribution is -2.34. The van der Waals surface area contributed by atoms with Crippen LogP contribution in [0, 0.1) is 17.6 Å². The Morgan fingerprint density at radius 3 is 2.41 bits per heavy atom. The fourth-order valence-corrected chi connectivity index (χ4v) is 5.57. The summed E-state index contributed by atoms with van der Waals surface area (Å²) < 4.78 is 69.9. The number of nitrogens with two attached hydrogens (primary N) is 1. The van der Waals surface area contributed by atoms with E-state index in [0.29, 0.717) is 56.9 Å². The number of fused-ring (bicyclic) bond motifs is 1. The molecular weight excluding hydrogens is 549 g/mol. The third kappa shape index (κ3) is 7.49. The monoisotopic (exact) mass is 585 g/mol. The molecule has 0 radical (unpaired) electrons. The lowest BCUT2D eigenvalue weighted by molar-refractivity contribution is -0.162. The summed E-state index contributed by atoms with van der Waals surface area (Å²) in [6.45, 7) is 1.62. The van der Waals surface area contributed by atoms with Crippen molar-refractivity contribution in [3.63, 3.8) is 0 Å². The second-order valence-corrected chi connectivity index (χ2v) is 10.5. The van der Waals surface area contributed by atoms with E-state index < -0.39 is 23.2 Å². The first kappa shape index (κ1) is 32.2. The fraction of sp³-hybridized carbons (Fsp3) is 0.571. The van der Waals surface area contributed by atoms with E-state index in [9.17, 15) is 36.3 Å². The van der Waals surface area contributed by atoms with Gasteiger partial charge < -0.3 is 15.2 Å². The van der Waals surface area contributed by atoms with Crippen molar-refractivity contribution in [2.24, 2.45) is 11.7 Å².